The van der Waals surface area contributed by atoms with Gasteiger partial charge in [-0.25, -0.2) is 14.0 Å². The number of morpholine rings is 1. The topological polar surface area (TPSA) is 85.5 Å². The van der Waals surface area contributed by atoms with Gasteiger partial charge < -0.3 is 18.8 Å². The summed E-state index contributed by atoms with van der Waals surface area (Å²) >= 11 is 1.81. The summed E-state index contributed by atoms with van der Waals surface area (Å²) in [5.41, 5.74) is 5.79. The molecule has 1 aromatic carbocycles. The number of hydrogen-bond acceptors (Lipinski definition) is 6. The van der Waals surface area contributed by atoms with E-state index in [2.05, 4.69) is 13.0 Å². The number of aryl methyl sites for hydroxylation is 2. The lowest BCUT2D eigenvalue weighted by Gasteiger charge is -2.32. The quantitative estimate of drug-likeness (QED) is 0.425. The molecule has 0 spiro atoms. The van der Waals surface area contributed by atoms with Crippen LogP contribution in [0.3, 0.4) is 0 Å². The highest BCUT2D eigenvalue weighted by atomic mass is 127. The van der Waals surface area contributed by atoms with E-state index in [-0.39, 0.29) is 12.2 Å². The van der Waals surface area contributed by atoms with Crippen LogP contribution in [0.4, 0.5) is 4.79 Å². The van der Waals surface area contributed by atoms with E-state index in [9.17, 15) is 9.00 Å². The Bertz CT molecular complexity index is 1330. The maximum atomic E-state index is 12.7. The maximum absolute atomic E-state index is 12.7. The van der Waals surface area contributed by atoms with Gasteiger partial charge in [0.05, 0.1) is 70.3 Å². The number of aromatic nitrogens is 2. The van der Waals surface area contributed by atoms with Gasteiger partial charge in [0, 0.05) is 35.9 Å². The molecule has 176 valence electrons. The third kappa shape index (κ3) is 4.87. The third-order valence-electron chi connectivity index (χ3n) is 5.90. The summed E-state index contributed by atoms with van der Waals surface area (Å²) in [5, 5.41) is 0. The summed E-state index contributed by atoms with van der Waals surface area (Å²) in [6, 6.07) is 9.86. The predicted molar refractivity (Wildman–Crippen MR) is 136 cm³/mol. The first-order valence-electron chi connectivity index (χ1n) is 10.6. The second kappa shape index (κ2) is 9.59. The second-order valence-corrected chi connectivity index (χ2v) is 11.7. The molecule has 1 aliphatic rings. The van der Waals surface area contributed by atoms with E-state index in [1.807, 2.05) is 44.3 Å². The minimum Gasteiger partial charge on any atom is -0.453 e. The fourth-order valence-corrected chi connectivity index (χ4v) is 5.62. The molecule has 4 rings (SSSR count). The molecule has 10 heteroatoms. The number of ether oxygens (including phenoxy) is 2. The highest BCUT2D eigenvalue weighted by Crippen LogP contribution is 2.31. The number of carbonyl (C=O) groups is 1. The van der Waals surface area contributed by atoms with Gasteiger partial charge in [-0.15, -0.1) is 0 Å². The smallest absolute Gasteiger partial charge is 0.409 e. The molecule has 33 heavy (non-hydrogen) atoms. The number of nitrogens with zero attached hydrogens (tertiary/aromatic N) is 4. The molecule has 0 aliphatic carbocycles. The first kappa shape index (κ1) is 24.0. The van der Waals surface area contributed by atoms with E-state index in [1.54, 1.807) is 34.0 Å². The minimum absolute atomic E-state index is 0.176. The first-order valence-corrected chi connectivity index (χ1v) is 13.5. The van der Waals surface area contributed by atoms with Crippen LogP contribution in [0.5, 0.6) is 0 Å². The van der Waals surface area contributed by atoms with E-state index in [0.717, 1.165) is 33.7 Å². The Morgan fingerprint density at radius 3 is 2.82 bits per heavy atom. The Morgan fingerprint density at radius 2 is 2.12 bits per heavy atom. The Balaban J connectivity index is 1.77. The number of rotatable bonds is 4. The number of pyridine rings is 1. The zero-order valence-electron chi connectivity index (χ0n) is 19.1. The summed E-state index contributed by atoms with van der Waals surface area (Å²) in [4.78, 5) is 19.4. The molecule has 0 bridgehead atoms. The van der Waals surface area contributed by atoms with Crippen molar-refractivity contribution in [1.82, 2.24) is 14.3 Å². The summed E-state index contributed by atoms with van der Waals surface area (Å²) in [6.45, 7) is 5.47. The first-order chi connectivity index (χ1) is 15.7. The van der Waals surface area contributed by atoms with Crippen LogP contribution in [0.2, 0.25) is 0 Å². The van der Waals surface area contributed by atoms with Gasteiger partial charge in [0.2, 0.25) is 0 Å². The van der Waals surface area contributed by atoms with E-state index >= 15 is 0 Å². The summed E-state index contributed by atoms with van der Waals surface area (Å²) in [7, 11) is -1.04. The van der Waals surface area contributed by atoms with Gasteiger partial charge >= 0.3 is 6.09 Å². The lowest BCUT2D eigenvalue weighted by Crippen LogP contribution is -2.46. The van der Waals surface area contributed by atoms with Crippen LogP contribution in [0.1, 0.15) is 16.8 Å². The molecule has 0 saturated carbocycles. The van der Waals surface area contributed by atoms with Crippen molar-refractivity contribution in [3.8, 4) is 11.3 Å². The molecule has 1 fully saturated rings. The molecule has 0 radical (unpaired) electrons. The fourth-order valence-electron chi connectivity index (χ4n) is 4.14. The van der Waals surface area contributed by atoms with Crippen molar-refractivity contribution in [2.75, 3.05) is 33.1 Å². The minimum atomic E-state index is -2.43. The largest absolute Gasteiger partial charge is 0.453 e. The van der Waals surface area contributed by atoms with Gasteiger partial charge in [0.15, 0.2) is 0 Å². The molecule has 1 unspecified atom stereocenters. The van der Waals surface area contributed by atoms with Crippen molar-refractivity contribution in [2.45, 2.75) is 31.3 Å². The molecule has 1 aliphatic heterocycles. The lowest BCUT2D eigenvalue weighted by atomic mass is 10.0. The average Bonchev–Trinajstić information content (AvgIpc) is 3.15. The molecule has 2 aromatic heterocycles. The van der Waals surface area contributed by atoms with E-state index < -0.39 is 9.73 Å². The van der Waals surface area contributed by atoms with Crippen LogP contribution < -0.4 is 0 Å². The van der Waals surface area contributed by atoms with Crippen molar-refractivity contribution < 1.29 is 18.5 Å². The Hall–Kier alpha value is -2.18. The van der Waals surface area contributed by atoms with Crippen LogP contribution >= 0.6 is 22.9 Å². The number of carbonyl (C=O) groups excluding carboxylic acids is 1. The van der Waals surface area contributed by atoms with Crippen molar-refractivity contribution in [3.05, 3.63) is 53.3 Å². The van der Waals surface area contributed by atoms with Gasteiger partial charge in [0.25, 0.3) is 0 Å². The number of benzene rings is 1. The van der Waals surface area contributed by atoms with Crippen LogP contribution in [-0.2, 0) is 25.6 Å². The van der Waals surface area contributed by atoms with Crippen molar-refractivity contribution >= 4 is 44.3 Å². The van der Waals surface area contributed by atoms with Crippen molar-refractivity contribution in [3.63, 3.8) is 0 Å². The number of fused-ring (bicyclic) bond motifs is 1. The zero-order chi connectivity index (χ0) is 23.8. The highest BCUT2D eigenvalue weighted by Gasteiger charge is 2.27. The Labute approximate surface area is 208 Å². The summed E-state index contributed by atoms with van der Waals surface area (Å²) in [5.74, 6) is 0. The van der Waals surface area contributed by atoms with E-state index in [0.29, 0.717) is 31.0 Å². The van der Waals surface area contributed by atoms with E-state index in [4.69, 9.17) is 14.5 Å². The van der Waals surface area contributed by atoms with Gasteiger partial charge in [-0.1, -0.05) is 6.07 Å². The predicted octanol–water partition coefficient (Wildman–Crippen LogP) is 4.43. The molecule has 0 N–H and O–H groups in total. The third-order valence-corrected chi connectivity index (χ3v) is 9.54. The molecular weight excluding hydrogens is 555 g/mol. The summed E-state index contributed by atoms with van der Waals surface area (Å²) < 4.78 is 29.7. The fraction of sp³-hybridized carbons (Fsp3) is 0.391. The molecular formula is C23H27IN4O4S. The average molecular weight is 582 g/mol. The normalized spacial score (nSPS) is 18.2. The summed E-state index contributed by atoms with van der Waals surface area (Å²) in [6.07, 6.45) is 3.73. The van der Waals surface area contributed by atoms with Crippen LogP contribution in [-0.4, -0.2) is 63.8 Å². The maximum Gasteiger partial charge on any atom is 0.409 e. The number of halogens is 1. The number of amides is 1. The van der Waals surface area contributed by atoms with Gasteiger partial charge in [0.1, 0.15) is 5.65 Å². The molecule has 3 aromatic rings. The Morgan fingerprint density at radius 1 is 1.33 bits per heavy atom. The standard InChI is InChI=1S/C23H27IN4O4S/c1-15-7-8-28-20(13-17-14-27(9-10-32-17)23(29)31-3)22(25-21(28)11-15)19-6-5-18(12-16(19)2)33(4,30)26-24/h5-8,11-12,17H,9-10,13-14H2,1-4H3/t17-,33?/m0/s1. The molecule has 1 saturated heterocycles. The molecule has 2 atom stereocenters. The second-order valence-electron chi connectivity index (χ2n) is 8.30. The van der Waals surface area contributed by atoms with Crippen LogP contribution in [0, 0.1) is 13.8 Å². The van der Waals surface area contributed by atoms with Gasteiger partial charge in [-0.2, -0.15) is 2.58 Å². The molecule has 1 amide bonds. The number of imidazole rings is 1. The SMILES string of the molecule is COC(=O)N1CCO[C@@H](Cc2c(-c3ccc(S(C)(=O)=NI)cc3C)nc3cc(C)ccn23)C1. The van der Waals surface area contributed by atoms with Crippen molar-refractivity contribution in [1.29, 1.82) is 0 Å². The van der Waals surface area contributed by atoms with Crippen LogP contribution in [0.25, 0.3) is 16.9 Å². The van der Waals surface area contributed by atoms with Crippen molar-refractivity contribution in [2.24, 2.45) is 2.58 Å². The lowest BCUT2D eigenvalue weighted by molar-refractivity contribution is -0.0241. The van der Waals surface area contributed by atoms with Gasteiger partial charge in [-0.05, 0) is 49.2 Å². The van der Waals surface area contributed by atoms with Gasteiger partial charge in [-0.3, -0.25) is 0 Å². The monoisotopic (exact) mass is 582 g/mol. The Kier molecular flexibility index (Phi) is 6.96. The molecule has 3 heterocycles. The van der Waals surface area contributed by atoms with Crippen LogP contribution in [0.15, 0.2) is 44.0 Å². The van der Waals surface area contributed by atoms with E-state index in [1.165, 1.54) is 7.11 Å². The highest BCUT2D eigenvalue weighted by molar-refractivity contribution is 14.1. The zero-order valence-corrected chi connectivity index (χ0v) is 22.1. The number of methoxy groups -OCH3 is 1. The number of hydrogen-bond donors (Lipinski definition) is 0. The molecule has 8 nitrogen and oxygen atoms in total.